The Morgan fingerprint density at radius 2 is 1.77 bits per heavy atom. The highest BCUT2D eigenvalue weighted by Crippen LogP contribution is 2.26. The Morgan fingerprint density at radius 3 is 2.33 bits per heavy atom. The first-order chi connectivity index (χ1) is 14.1. The molecule has 0 heterocycles. The molecule has 0 aliphatic carbocycles. The largest absolute Gasteiger partial charge is 0.324 e. The summed E-state index contributed by atoms with van der Waals surface area (Å²) < 4.78 is 23.5. The molecule has 1 atom stereocenters. The number of hydrogen-bond donors (Lipinski definition) is 2. The summed E-state index contributed by atoms with van der Waals surface area (Å²) in [5, 5.41) is 6.30. The van der Waals surface area contributed by atoms with Crippen LogP contribution in [0, 0.1) is 5.92 Å². The van der Waals surface area contributed by atoms with Gasteiger partial charge in [0.05, 0.1) is 22.2 Å². The van der Waals surface area contributed by atoms with E-state index in [2.05, 4.69) is 55.7 Å². The average molecular weight is 451 g/mol. The molecule has 164 valence electrons. The van der Waals surface area contributed by atoms with Gasteiger partial charge in [-0.05, 0) is 48.1 Å². The van der Waals surface area contributed by atoms with Crippen molar-refractivity contribution in [2.75, 3.05) is 18.1 Å². The molecule has 0 bridgehead atoms. The monoisotopic (exact) mass is 450 g/mol. The third-order valence-electron chi connectivity index (χ3n) is 4.95. The summed E-state index contributed by atoms with van der Waals surface area (Å²) >= 11 is 6.12. The highest BCUT2D eigenvalue weighted by molar-refractivity contribution is 7.90. The molecule has 2 aromatic carbocycles. The third-order valence-corrected chi connectivity index (χ3v) is 6.39. The van der Waals surface area contributed by atoms with Crippen LogP contribution in [0.5, 0.6) is 0 Å². The van der Waals surface area contributed by atoms with Gasteiger partial charge in [-0.1, -0.05) is 63.1 Å². The zero-order chi connectivity index (χ0) is 22.3. The highest BCUT2D eigenvalue weighted by atomic mass is 35.5. The zero-order valence-corrected chi connectivity index (χ0v) is 19.6. The molecule has 1 unspecified atom stereocenters. The molecule has 1 amide bonds. The summed E-state index contributed by atoms with van der Waals surface area (Å²) in [7, 11) is -3.39. The van der Waals surface area contributed by atoms with Gasteiger partial charge in [0, 0.05) is 12.3 Å². The van der Waals surface area contributed by atoms with Crippen LogP contribution in [-0.4, -0.2) is 27.1 Å². The lowest BCUT2D eigenvalue weighted by atomic mass is 9.94. The minimum Gasteiger partial charge on any atom is -0.324 e. The third kappa shape index (κ3) is 7.11. The smallest absolute Gasteiger partial charge is 0.238 e. The highest BCUT2D eigenvalue weighted by Gasteiger charge is 2.18. The Hall–Kier alpha value is -1.89. The Morgan fingerprint density at radius 1 is 1.10 bits per heavy atom. The van der Waals surface area contributed by atoms with E-state index in [9.17, 15) is 13.2 Å². The molecule has 7 heteroatoms. The lowest BCUT2D eigenvalue weighted by molar-refractivity contribution is -0.115. The van der Waals surface area contributed by atoms with Gasteiger partial charge in [-0.2, -0.15) is 0 Å². The van der Waals surface area contributed by atoms with Crippen molar-refractivity contribution in [3.63, 3.8) is 0 Å². The standard InChI is InChI=1S/C23H31ClN2O3S/c1-5-6-7-17-8-10-18(11-9-17)23(16(2)3)25-15-22(27)26-21-14-19(30(4,28)29)12-13-20(21)24/h8-14,16,23,25H,5-7,15H2,1-4H3,(H,26,27). The van der Waals surface area contributed by atoms with Crippen molar-refractivity contribution < 1.29 is 13.2 Å². The molecule has 2 rings (SSSR count). The van der Waals surface area contributed by atoms with Crippen LogP contribution < -0.4 is 10.6 Å². The van der Waals surface area contributed by atoms with Gasteiger partial charge < -0.3 is 10.6 Å². The van der Waals surface area contributed by atoms with E-state index in [0.717, 1.165) is 18.2 Å². The van der Waals surface area contributed by atoms with E-state index in [-0.39, 0.29) is 35.0 Å². The molecule has 2 aromatic rings. The predicted molar refractivity (Wildman–Crippen MR) is 124 cm³/mol. The lowest BCUT2D eigenvalue weighted by Crippen LogP contribution is -2.33. The predicted octanol–water partition coefficient (Wildman–Crippen LogP) is 5.01. The van der Waals surface area contributed by atoms with Crippen molar-refractivity contribution in [2.45, 2.75) is 51.0 Å². The van der Waals surface area contributed by atoms with Crippen LogP contribution in [0.4, 0.5) is 5.69 Å². The molecule has 0 aliphatic rings. The van der Waals surface area contributed by atoms with Gasteiger partial charge in [-0.25, -0.2) is 8.42 Å². The number of halogens is 1. The van der Waals surface area contributed by atoms with E-state index in [1.54, 1.807) is 0 Å². The molecule has 30 heavy (non-hydrogen) atoms. The molecule has 0 aromatic heterocycles. The van der Waals surface area contributed by atoms with Crippen molar-refractivity contribution >= 4 is 33.0 Å². The number of nitrogens with one attached hydrogen (secondary N) is 2. The van der Waals surface area contributed by atoms with Gasteiger partial charge in [0.1, 0.15) is 0 Å². The molecule has 0 fully saturated rings. The molecule has 0 saturated carbocycles. The number of aryl methyl sites for hydroxylation is 1. The molecular weight excluding hydrogens is 420 g/mol. The summed E-state index contributed by atoms with van der Waals surface area (Å²) in [4.78, 5) is 12.6. The van der Waals surface area contributed by atoms with Crippen LogP contribution in [0.15, 0.2) is 47.4 Å². The fraction of sp³-hybridized carbons (Fsp3) is 0.435. The average Bonchev–Trinajstić information content (AvgIpc) is 2.68. The minimum atomic E-state index is -3.39. The molecule has 0 aliphatic heterocycles. The summed E-state index contributed by atoms with van der Waals surface area (Å²) in [6.07, 6.45) is 4.54. The van der Waals surface area contributed by atoms with Crippen molar-refractivity contribution in [1.29, 1.82) is 0 Å². The number of rotatable bonds is 10. The Balaban J connectivity index is 2.04. The van der Waals surface area contributed by atoms with Crippen molar-refractivity contribution in [3.8, 4) is 0 Å². The van der Waals surface area contributed by atoms with Crippen LogP contribution in [0.25, 0.3) is 0 Å². The van der Waals surface area contributed by atoms with E-state index in [1.807, 2.05) is 0 Å². The fourth-order valence-electron chi connectivity index (χ4n) is 3.24. The van der Waals surface area contributed by atoms with Gasteiger partial charge >= 0.3 is 0 Å². The fourth-order valence-corrected chi connectivity index (χ4v) is 4.05. The van der Waals surface area contributed by atoms with E-state index in [0.29, 0.717) is 5.02 Å². The molecule has 0 spiro atoms. The van der Waals surface area contributed by atoms with Crippen LogP contribution in [0.2, 0.25) is 5.02 Å². The number of hydrogen-bond acceptors (Lipinski definition) is 4. The summed E-state index contributed by atoms with van der Waals surface area (Å²) in [6, 6.07) is 12.8. The first-order valence-corrected chi connectivity index (χ1v) is 12.5. The van der Waals surface area contributed by atoms with Crippen LogP contribution >= 0.6 is 11.6 Å². The second-order valence-electron chi connectivity index (χ2n) is 7.91. The van der Waals surface area contributed by atoms with Gasteiger partial charge in [0.25, 0.3) is 0 Å². The first kappa shape index (κ1) is 24.4. The van der Waals surface area contributed by atoms with Gasteiger partial charge in [0.2, 0.25) is 5.91 Å². The number of carbonyl (C=O) groups is 1. The quantitative estimate of drug-likeness (QED) is 0.533. The SMILES string of the molecule is CCCCc1ccc(C(NCC(=O)Nc2cc(S(C)(=O)=O)ccc2Cl)C(C)C)cc1. The number of unbranched alkanes of at least 4 members (excludes halogenated alkanes) is 1. The number of sulfone groups is 1. The lowest BCUT2D eigenvalue weighted by Gasteiger charge is -2.23. The summed E-state index contributed by atoms with van der Waals surface area (Å²) in [5.74, 6) is 0.00390. The molecular formula is C23H31ClN2O3S. The molecule has 0 radical (unpaired) electrons. The second-order valence-corrected chi connectivity index (χ2v) is 10.3. The normalized spacial score (nSPS) is 12.7. The number of anilines is 1. The van der Waals surface area contributed by atoms with E-state index in [1.165, 1.54) is 36.6 Å². The van der Waals surface area contributed by atoms with Gasteiger partial charge in [0.15, 0.2) is 9.84 Å². The molecule has 2 N–H and O–H groups in total. The maximum Gasteiger partial charge on any atom is 0.238 e. The van der Waals surface area contributed by atoms with Gasteiger partial charge in [-0.15, -0.1) is 0 Å². The number of amides is 1. The van der Waals surface area contributed by atoms with E-state index >= 15 is 0 Å². The zero-order valence-electron chi connectivity index (χ0n) is 18.0. The van der Waals surface area contributed by atoms with Crippen LogP contribution in [0.3, 0.4) is 0 Å². The van der Waals surface area contributed by atoms with Crippen LogP contribution in [-0.2, 0) is 21.1 Å². The maximum absolute atomic E-state index is 12.5. The van der Waals surface area contributed by atoms with Crippen molar-refractivity contribution in [1.82, 2.24) is 5.32 Å². The Bertz CT molecular complexity index is 957. The Labute approximate surface area is 185 Å². The summed E-state index contributed by atoms with van der Waals surface area (Å²) in [6.45, 7) is 6.47. The second kappa shape index (κ2) is 10.9. The van der Waals surface area contributed by atoms with Gasteiger partial charge in [-0.3, -0.25) is 4.79 Å². The summed E-state index contributed by atoms with van der Waals surface area (Å²) in [5.41, 5.74) is 2.74. The first-order valence-electron chi connectivity index (χ1n) is 10.2. The Kier molecular flexibility index (Phi) is 8.89. The maximum atomic E-state index is 12.5. The van der Waals surface area contributed by atoms with Crippen molar-refractivity contribution in [3.05, 3.63) is 58.6 Å². The topological polar surface area (TPSA) is 75.3 Å². The van der Waals surface area contributed by atoms with E-state index < -0.39 is 9.84 Å². The minimum absolute atomic E-state index is 0.0220. The molecule has 0 saturated heterocycles. The molecule has 5 nitrogen and oxygen atoms in total. The van der Waals surface area contributed by atoms with E-state index in [4.69, 9.17) is 11.6 Å². The van der Waals surface area contributed by atoms with Crippen LogP contribution in [0.1, 0.15) is 50.8 Å². The number of carbonyl (C=O) groups excluding carboxylic acids is 1. The van der Waals surface area contributed by atoms with Crippen molar-refractivity contribution in [2.24, 2.45) is 5.92 Å². The number of benzene rings is 2.